The maximum Gasteiger partial charge on any atom is 0.223 e. The number of nitrogens with two attached hydrogens (primary N) is 1. The van der Waals surface area contributed by atoms with E-state index in [2.05, 4.69) is 12.2 Å². The first-order valence-electron chi connectivity index (χ1n) is 6.68. The Balaban J connectivity index is 1.71. The van der Waals surface area contributed by atoms with Crippen molar-refractivity contribution in [2.75, 3.05) is 6.54 Å². The zero-order valence-electron chi connectivity index (χ0n) is 10.3. The van der Waals surface area contributed by atoms with E-state index in [1.807, 2.05) is 0 Å². The van der Waals surface area contributed by atoms with Gasteiger partial charge in [0, 0.05) is 18.5 Å². The number of hydrogen-bond donors (Lipinski definition) is 2. The molecular formula is C13H24N2O. The van der Waals surface area contributed by atoms with Crippen LogP contribution in [-0.2, 0) is 4.79 Å². The minimum absolute atomic E-state index is 0.229. The highest BCUT2D eigenvalue weighted by Gasteiger charge is 2.41. The topological polar surface area (TPSA) is 55.1 Å². The molecule has 2 rings (SSSR count). The molecule has 0 aliphatic heterocycles. The molecule has 92 valence electrons. The van der Waals surface area contributed by atoms with E-state index in [0.29, 0.717) is 11.5 Å². The minimum Gasteiger partial charge on any atom is -0.355 e. The largest absolute Gasteiger partial charge is 0.355 e. The summed E-state index contributed by atoms with van der Waals surface area (Å²) in [5, 5.41) is 3.14. The lowest BCUT2D eigenvalue weighted by atomic mass is 9.86. The Morgan fingerprint density at radius 1 is 1.31 bits per heavy atom. The Labute approximate surface area is 98.2 Å². The molecule has 0 saturated heterocycles. The van der Waals surface area contributed by atoms with Crippen LogP contribution in [0.15, 0.2) is 0 Å². The smallest absolute Gasteiger partial charge is 0.223 e. The molecule has 2 aliphatic rings. The number of carbonyl (C=O) groups is 1. The van der Waals surface area contributed by atoms with Gasteiger partial charge >= 0.3 is 0 Å². The van der Waals surface area contributed by atoms with E-state index in [4.69, 9.17) is 5.73 Å². The van der Waals surface area contributed by atoms with Crippen LogP contribution in [0.3, 0.4) is 0 Å². The fourth-order valence-electron chi connectivity index (χ4n) is 2.63. The van der Waals surface area contributed by atoms with E-state index in [1.54, 1.807) is 0 Å². The van der Waals surface area contributed by atoms with Gasteiger partial charge in [-0.2, -0.15) is 0 Å². The molecule has 3 heteroatoms. The highest BCUT2D eigenvalue weighted by atomic mass is 16.1. The van der Waals surface area contributed by atoms with Gasteiger partial charge in [-0.15, -0.1) is 0 Å². The average Bonchev–Trinajstić information content (AvgIpc) is 3.08. The van der Waals surface area contributed by atoms with Gasteiger partial charge in [-0.1, -0.05) is 6.92 Å². The zero-order chi connectivity index (χ0) is 11.6. The van der Waals surface area contributed by atoms with Crippen molar-refractivity contribution in [3.63, 3.8) is 0 Å². The molecule has 0 radical (unpaired) electrons. The molecule has 0 bridgehead atoms. The quantitative estimate of drug-likeness (QED) is 0.765. The maximum atomic E-state index is 11.9. The van der Waals surface area contributed by atoms with Gasteiger partial charge in [0.1, 0.15) is 0 Å². The average molecular weight is 224 g/mol. The van der Waals surface area contributed by atoms with E-state index < -0.39 is 0 Å². The molecule has 0 aromatic carbocycles. The third-order valence-corrected chi connectivity index (χ3v) is 4.49. The molecule has 3 N–H and O–H groups in total. The Hall–Kier alpha value is -0.570. The number of nitrogens with one attached hydrogen (secondary N) is 1. The van der Waals surface area contributed by atoms with Crippen LogP contribution in [0, 0.1) is 11.3 Å². The second-order valence-corrected chi connectivity index (χ2v) is 5.68. The maximum absolute atomic E-state index is 11.9. The fourth-order valence-corrected chi connectivity index (χ4v) is 2.63. The Morgan fingerprint density at radius 3 is 2.44 bits per heavy atom. The van der Waals surface area contributed by atoms with Crippen molar-refractivity contribution in [1.29, 1.82) is 0 Å². The number of carbonyl (C=O) groups excluding carboxylic acids is 1. The van der Waals surface area contributed by atoms with Crippen LogP contribution < -0.4 is 11.1 Å². The summed E-state index contributed by atoms with van der Waals surface area (Å²) in [7, 11) is 0. The summed E-state index contributed by atoms with van der Waals surface area (Å²) in [5.74, 6) is 0.499. The Bertz CT molecular complexity index is 253. The third-order valence-electron chi connectivity index (χ3n) is 4.49. The minimum atomic E-state index is 0.229. The second kappa shape index (κ2) is 4.74. The lowest BCUT2D eigenvalue weighted by molar-refractivity contribution is -0.126. The first-order valence-corrected chi connectivity index (χ1v) is 6.68. The van der Waals surface area contributed by atoms with E-state index in [9.17, 15) is 4.79 Å². The predicted molar refractivity (Wildman–Crippen MR) is 64.9 cm³/mol. The highest BCUT2D eigenvalue weighted by molar-refractivity contribution is 5.78. The Kier molecular flexibility index (Phi) is 3.53. The van der Waals surface area contributed by atoms with Crippen LogP contribution in [0.4, 0.5) is 0 Å². The molecule has 2 aliphatic carbocycles. The van der Waals surface area contributed by atoms with E-state index in [0.717, 1.165) is 32.2 Å². The molecule has 0 aromatic heterocycles. The summed E-state index contributed by atoms with van der Waals surface area (Å²) in [6.45, 7) is 3.11. The van der Waals surface area contributed by atoms with Gasteiger partial charge in [0.2, 0.25) is 5.91 Å². The van der Waals surface area contributed by atoms with Crippen LogP contribution >= 0.6 is 0 Å². The van der Waals surface area contributed by atoms with E-state index in [1.165, 1.54) is 19.3 Å². The van der Waals surface area contributed by atoms with Crippen molar-refractivity contribution in [2.45, 2.75) is 57.9 Å². The molecule has 0 atom stereocenters. The van der Waals surface area contributed by atoms with Crippen LogP contribution in [0.5, 0.6) is 0 Å². The lowest BCUT2D eigenvalue weighted by Crippen LogP contribution is -2.38. The molecule has 1 amide bonds. The molecule has 0 heterocycles. The molecule has 2 saturated carbocycles. The van der Waals surface area contributed by atoms with E-state index in [-0.39, 0.29) is 11.8 Å². The summed E-state index contributed by atoms with van der Waals surface area (Å²) in [6.07, 6.45) is 7.76. The third kappa shape index (κ3) is 2.76. The summed E-state index contributed by atoms with van der Waals surface area (Å²) in [6, 6.07) is 0.328. The van der Waals surface area contributed by atoms with Crippen molar-refractivity contribution < 1.29 is 4.79 Å². The standard InChI is InChI=1S/C13H24N2O/c1-2-13(7-8-13)9-15-12(16)10-3-5-11(14)6-4-10/h10-11H,2-9,14H2,1H3,(H,15,16). The monoisotopic (exact) mass is 224 g/mol. The van der Waals surface area contributed by atoms with Gasteiger partial charge in [0.25, 0.3) is 0 Å². The van der Waals surface area contributed by atoms with Gasteiger partial charge in [-0.25, -0.2) is 0 Å². The van der Waals surface area contributed by atoms with Gasteiger partial charge in [0.15, 0.2) is 0 Å². The fraction of sp³-hybridized carbons (Fsp3) is 0.923. The Morgan fingerprint density at radius 2 is 1.94 bits per heavy atom. The van der Waals surface area contributed by atoms with Crippen molar-refractivity contribution in [2.24, 2.45) is 17.1 Å². The van der Waals surface area contributed by atoms with Crippen LogP contribution in [0.1, 0.15) is 51.9 Å². The van der Waals surface area contributed by atoms with Crippen LogP contribution in [0.2, 0.25) is 0 Å². The van der Waals surface area contributed by atoms with Gasteiger partial charge < -0.3 is 11.1 Å². The van der Waals surface area contributed by atoms with Crippen molar-refractivity contribution in [3.8, 4) is 0 Å². The number of hydrogen-bond acceptors (Lipinski definition) is 2. The lowest BCUT2D eigenvalue weighted by Gasteiger charge is -2.26. The number of rotatable bonds is 4. The van der Waals surface area contributed by atoms with Crippen molar-refractivity contribution in [1.82, 2.24) is 5.32 Å². The van der Waals surface area contributed by atoms with Crippen LogP contribution in [0.25, 0.3) is 0 Å². The molecule has 2 fully saturated rings. The van der Waals surface area contributed by atoms with Crippen molar-refractivity contribution in [3.05, 3.63) is 0 Å². The van der Waals surface area contributed by atoms with Crippen LogP contribution in [-0.4, -0.2) is 18.5 Å². The normalized spacial score (nSPS) is 32.1. The van der Waals surface area contributed by atoms with Gasteiger partial charge in [-0.05, 0) is 50.4 Å². The van der Waals surface area contributed by atoms with Crippen molar-refractivity contribution >= 4 is 5.91 Å². The molecule has 0 aromatic rings. The first-order chi connectivity index (χ1) is 7.65. The molecule has 16 heavy (non-hydrogen) atoms. The molecule has 3 nitrogen and oxygen atoms in total. The van der Waals surface area contributed by atoms with Gasteiger partial charge in [-0.3, -0.25) is 4.79 Å². The summed E-state index contributed by atoms with van der Waals surface area (Å²) in [4.78, 5) is 11.9. The second-order valence-electron chi connectivity index (χ2n) is 5.68. The SMILES string of the molecule is CCC1(CNC(=O)C2CCC(N)CC2)CC1. The van der Waals surface area contributed by atoms with E-state index >= 15 is 0 Å². The molecule has 0 spiro atoms. The molecule has 0 unspecified atom stereocenters. The molecular weight excluding hydrogens is 200 g/mol. The summed E-state index contributed by atoms with van der Waals surface area (Å²) >= 11 is 0. The zero-order valence-corrected chi connectivity index (χ0v) is 10.3. The first kappa shape index (κ1) is 11.9. The highest BCUT2D eigenvalue weighted by Crippen LogP contribution is 2.47. The predicted octanol–water partition coefficient (Wildman–Crippen LogP) is 1.81. The summed E-state index contributed by atoms with van der Waals surface area (Å²) < 4.78 is 0. The van der Waals surface area contributed by atoms with Gasteiger partial charge in [0.05, 0.1) is 0 Å². The summed E-state index contributed by atoms with van der Waals surface area (Å²) in [5.41, 5.74) is 6.30. The number of amides is 1.